The van der Waals surface area contributed by atoms with Crippen LogP contribution in [0.15, 0.2) is 0 Å². The zero-order valence-corrected chi connectivity index (χ0v) is 17.1. The number of amides is 5. The number of nitrogens with one attached hydrogen (secondary N) is 3. The fraction of sp³-hybridized carbons (Fsp3) is 0.647. The van der Waals surface area contributed by atoms with Crippen LogP contribution in [-0.2, 0) is 28.8 Å². The highest BCUT2D eigenvalue weighted by Gasteiger charge is 2.30. The van der Waals surface area contributed by atoms with E-state index in [1.54, 1.807) is 13.8 Å². The van der Waals surface area contributed by atoms with Crippen LogP contribution in [0.25, 0.3) is 0 Å². The third kappa shape index (κ3) is 9.32. The van der Waals surface area contributed by atoms with Crippen LogP contribution >= 0.6 is 0 Å². The average molecular weight is 430 g/mol. The molecule has 0 saturated heterocycles. The van der Waals surface area contributed by atoms with Gasteiger partial charge in [-0.25, -0.2) is 4.79 Å². The van der Waals surface area contributed by atoms with Crippen molar-refractivity contribution in [1.29, 1.82) is 0 Å². The van der Waals surface area contributed by atoms with Crippen molar-refractivity contribution in [2.75, 3.05) is 0 Å². The second-order valence-corrected chi connectivity index (χ2v) is 6.95. The number of nitrogens with two attached hydrogens (primary N) is 3. The third-order valence-corrected chi connectivity index (χ3v) is 4.33. The summed E-state index contributed by atoms with van der Waals surface area (Å²) in [7, 11) is 0. The van der Waals surface area contributed by atoms with Crippen molar-refractivity contribution >= 4 is 35.5 Å². The van der Waals surface area contributed by atoms with E-state index in [2.05, 4.69) is 16.0 Å². The van der Waals surface area contributed by atoms with Gasteiger partial charge in [-0.05, 0) is 12.8 Å². The Kier molecular flexibility index (Phi) is 11.0. The molecule has 30 heavy (non-hydrogen) atoms. The molecule has 170 valence electrons. The van der Waals surface area contributed by atoms with Crippen LogP contribution in [0.2, 0.25) is 0 Å². The number of carbonyl (C=O) groups excluding carboxylic acids is 5. The first-order valence-electron chi connectivity index (χ1n) is 9.26. The summed E-state index contributed by atoms with van der Waals surface area (Å²) in [6.07, 6.45) is -0.585. The van der Waals surface area contributed by atoms with Gasteiger partial charge in [0.25, 0.3) is 0 Å². The number of rotatable bonds is 13. The van der Waals surface area contributed by atoms with Gasteiger partial charge in [-0.3, -0.25) is 24.0 Å². The Balaban J connectivity index is 5.14. The highest BCUT2D eigenvalue weighted by atomic mass is 16.4. The highest BCUT2D eigenvalue weighted by Crippen LogP contribution is 2.08. The van der Waals surface area contributed by atoms with Crippen LogP contribution in [0.3, 0.4) is 0 Å². The van der Waals surface area contributed by atoms with Gasteiger partial charge in [0.05, 0.1) is 18.9 Å². The summed E-state index contributed by atoms with van der Waals surface area (Å²) in [4.78, 5) is 70.1. The minimum Gasteiger partial charge on any atom is -0.480 e. The molecule has 10 N–H and O–H groups in total. The molecule has 0 heterocycles. The standard InChI is InChI=1S/C17H30N6O7/c1-4-7(2)13(17(29)30)23-14(26)8(3)21-16(28)10(6-12(20)25)22-15(27)9(18)5-11(19)24/h7-10,13H,4-6,18H2,1-3H3,(H2,19,24)(H2,20,25)(H,21,28)(H,22,27)(H,23,26)(H,29,30). The van der Waals surface area contributed by atoms with Crippen molar-refractivity contribution in [2.45, 2.75) is 64.2 Å². The van der Waals surface area contributed by atoms with Gasteiger partial charge in [0.15, 0.2) is 0 Å². The molecule has 0 saturated carbocycles. The Morgan fingerprint density at radius 1 is 0.833 bits per heavy atom. The van der Waals surface area contributed by atoms with E-state index in [9.17, 15) is 33.9 Å². The molecule has 5 atom stereocenters. The fourth-order valence-corrected chi connectivity index (χ4v) is 2.34. The lowest BCUT2D eigenvalue weighted by atomic mass is 9.99. The smallest absolute Gasteiger partial charge is 0.326 e. The van der Waals surface area contributed by atoms with Crippen LogP contribution < -0.4 is 33.2 Å². The molecule has 0 spiro atoms. The van der Waals surface area contributed by atoms with E-state index in [4.69, 9.17) is 17.2 Å². The molecular weight excluding hydrogens is 400 g/mol. The van der Waals surface area contributed by atoms with E-state index in [1.807, 2.05) is 0 Å². The van der Waals surface area contributed by atoms with E-state index in [1.165, 1.54) is 6.92 Å². The lowest BCUT2D eigenvalue weighted by Crippen LogP contribution is -2.57. The first-order valence-corrected chi connectivity index (χ1v) is 9.26. The minimum absolute atomic E-state index is 0.358. The number of carboxylic acid groups (broad SMARTS) is 1. The Labute approximate surface area is 173 Å². The maximum atomic E-state index is 12.4. The summed E-state index contributed by atoms with van der Waals surface area (Å²) in [5.74, 6) is -5.96. The lowest BCUT2D eigenvalue weighted by Gasteiger charge is -2.24. The van der Waals surface area contributed by atoms with E-state index >= 15 is 0 Å². The van der Waals surface area contributed by atoms with E-state index in [0.717, 1.165) is 0 Å². The lowest BCUT2D eigenvalue weighted by molar-refractivity contribution is -0.143. The molecule has 13 nitrogen and oxygen atoms in total. The molecule has 0 aromatic carbocycles. The Bertz CT molecular complexity index is 684. The van der Waals surface area contributed by atoms with Gasteiger partial charge >= 0.3 is 5.97 Å². The maximum absolute atomic E-state index is 12.4. The summed E-state index contributed by atoms with van der Waals surface area (Å²) in [6, 6.07) is -5.16. The Morgan fingerprint density at radius 3 is 1.80 bits per heavy atom. The number of hydrogen-bond acceptors (Lipinski definition) is 7. The number of carbonyl (C=O) groups is 6. The molecule has 0 aliphatic heterocycles. The van der Waals surface area contributed by atoms with Crippen LogP contribution in [0.5, 0.6) is 0 Å². The molecule has 5 unspecified atom stereocenters. The zero-order chi connectivity index (χ0) is 23.6. The van der Waals surface area contributed by atoms with Gasteiger partial charge in [0.2, 0.25) is 29.5 Å². The van der Waals surface area contributed by atoms with E-state index in [-0.39, 0.29) is 5.92 Å². The van der Waals surface area contributed by atoms with Crippen LogP contribution in [0.1, 0.15) is 40.0 Å². The largest absolute Gasteiger partial charge is 0.480 e. The molecule has 0 aliphatic carbocycles. The quantitative estimate of drug-likeness (QED) is 0.155. The molecule has 0 fully saturated rings. The summed E-state index contributed by atoms with van der Waals surface area (Å²) in [6.45, 7) is 4.71. The third-order valence-electron chi connectivity index (χ3n) is 4.33. The maximum Gasteiger partial charge on any atom is 0.326 e. The van der Waals surface area contributed by atoms with Gasteiger partial charge in [-0.1, -0.05) is 20.3 Å². The highest BCUT2D eigenvalue weighted by molar-refractivity contribution is 5.96. The van der Waals surface area contributed by atoms with Crippen molar-refractivity contribution < 1.29 is 33.9 Å². The van der Waals surface area contributed by atoms with Crippen molar-refractivity contribution in [1.82, 2.24) is 16.0 Å². The molecule has 0 radical (unpaired) electrons. The number of hydrogen-bond donors (Lipinski definition) is 7. The van der Waals surface area contributed by atoms with Gasteiger partial charge in [0.1, 0.15) is 18.1 Å². The SMILES string of the molecule is CCC(C)C(NC(=O)C(C)NC(=O)C(CC(N)=O)NC(=O)C(N)CC(N)=O)C(=O)O. The monoisotopic (exact) mass is 430 g/mol. The van der Waals surface area contributed by atoms with Gasteiger partial charge in [-0.2, -0.15) is 0 Å². The van der Waals surface area contributed by atoms with E-state index in [0.29, 0.717) is 6.42 Å². The predicted molar refractivity (Wildman–Crippen MR) is 104 cm³/mol. The fourth-order valence-electron chi connectivity index (χ4n) is 2.34. The van der Waals surface area contributed by atoms with Gasteiger partial charge < -0.3 is 38.3 Å². The van der Waals surface area contributed by atoms with Crippen molar-refractivity contribution in [3.05, 3.63) is 0 Å². The topological polar surface area (TPSA) is 237 Å². The summed E-state index contributed by atoms with van der Waals surface area (Å²) >= 11 is 0. The second kappa shape index (κ2) is 12.4. The van der Waals surface area contributed by atoms with Crippen molar-refractivity contribution in [3.8, 4) is 0 Å². The molecule has 0 rings (SSSR count). The first kappa shape index (κ1) is 26.8. The number of primary amides is 2. The second-order valence-electron chi connectivity index (χ2n) is 6.95. The summed E-state index contributed by atoms with van der Waals surface area (Å²) < 4.78 is 0. The molecule has 0 aliphatic rings. The normalized spacial score (nSPS) is 15.6. The average Bonchev–Trinajstić information content (AvgIpc) is 2.63. The van der Waals surface area contributed by atoms with Crippen LogP contribution in [-0.4, -0.2) is 64.8 Å². The van der Waals surface area contributed by atoms with Crippen LogP contribution in [0, 0.1) is 5.92 Å². The minimum atomic E-state index is -1.46. The molecule has 13 heteroatoms. The predicted octanol–water partition coefficient (Wildman–Crippen LogP) is -3.33. The zero-order valence-electron chi connectivity index (χ0n) is 17.1. The summed E-state index contributed by atoms with van der Waals surface area (Å²) in [5, 5.41) is 16.0. The molecule has 5 amide bonds. The van der Waals surface area contributed by atoms with E-state index < -0.39 is 72.5 Å². The number of aliphatic carboxylic acids is 1. The Hall–Kier alpha value is -3.22. The first-order chi connectivity index (χ1) is 13.8. The summed E-state index contributed by atoms with van der Waals surface area (Å²) in [5.41, 5.74) is 15.5. The van der Waals surface area contributed by atoms with Gasteiger partial charge in [-0.15, -0.1) is 0 Å². The van der Waals surface area contributed by atoms with Crippen molar-refractivity contribution in [3.63, 3.8) is 0 Å². The van der Waals surface area contributed by atoms with Gasteiger partial charge in [0, 0.05) is 0 Å². The molecule has 0 bridgehead atoms. The molecule has 0 aromatic rings. The number of carboxylic acids is 1. The van der Waals surface area contributed by atoms with Crippen LogP contribution in [0.4, 0.5) is 0 Å². The Morgan fingerprint density at radius 2 is 1.37 bits per heavy atom. The van der Waals surface area contributed by atoms with Crippen molar-refractivity contribution in [2.24, 2.45) is 23.1 Å². The molecule has 0 aromatic heterocycles. The molecular formula is C17H30N6O7.